The third-order valence-electron chi connectivity index (χ3n) is 11.1. The Kier molecular flexibility index (Phi) is 43.2. The van der Waals surface area contributed by atoms with E-state index in [1.165, 1.54) is 148 Å². The van der Waals surface area contributed by atoms with E-state index in [0.717, 1.165) is 77.0 Å². The van der Waals surface area contributed by atoms with Crippen molar-refractivity contribution in [3.05, 3.63) is 12.2 Å². The Hall–Kier alpha value is -1.40. The van der Waals surface area contributed by atoms with E-state index < -0.39 is 12.1 Å². The van der Waals surface area contributed by atoms with Crippen LogP contribution >= 0.6 is 0 Å². The van der Waals surface area contributed by atoms with Gasteiger partial charge in [-0.3, -0.25) is 9.59 Å². The fourth-order valence-electron chi connectivity index (χ4n) is 7.34. The number of aliphatic hydroxyl groups excluding tert-OH is 2. The summed E-state index contributed by atoms with van der Waals surface area (Å²) in [5.74, 6) is -0.105. The molecule has 2 unspecified atom stereocenters. The van der Waals surface area contributed by atoms with Crippen LogP contribution in [0.1, 0.15) is 258 Å². The first-order valence-corrected chi connectivity index (χ1v) is 23.9. The van der Waals surface area contributed by atoms with Crippen LogP contribution in [0.5, 0.6) is 0 Å². The molecule has 0 saturated carbocycles. The van der Waals surface area contributed by atoms with E-state index >= 15 is 0 Å². The van der Waals surface area contributed by atoms with Gasteiger partial charge in [-0.15, -0.1) is 0 Å². The number of amides is 1. The third-order valence-corrected chi connectivity index (χ3v) is 11.1. The van der Waals surface area contributed by atoms with Crippen molar-refractivity contribution < 1.29 is 24.5 Å². The highest BCUT2D eigenvalue weighted by Gasteiger charge is 2.20. The van der Waals surface area contributed by atoms with Gasteiger partial charge in [-0.2, -0.15) is 0 Å². The van der Waals surface area contributed by atoms with Crippen molar-refractivity contribution >= 4 is 11.9 Å². The summed E-state index contributed by atoms with van der Waals surface area (Å²) in [5, 5.41) is 23.0. The quantitative estimate of drug-likeness (QED) is 0.0326. The lowest BCUT2D eigenvalue weighted by atomic mass is 10.0. The molecule has 0 aromatic rings. The van der Waals surface area contributed by atoms with Crippen LogP contribution in [0.4, 0.5) is 0 Å². The van der Waals surface area contributed by atoms with Gasteiger partial charge in [0.25, 0.3) is 0 Å². The number of hydrogen-bond acceptors (Lipinski definition) is 5. The zero-order chi connectivity index (χ0) is 39.4. The number of nitrogens with one attached hydrogen (secondary N) is 1. The molecule has 0 rings (SSSR count). The second-order valence-electron chi connectivity index (χ2n) is 16.4. The lowest BCUT2D eigenvalue weighted by Crippen LogP contribution is -2.45. The molecule has 6 nitrogen and oxygen atoms in total. The maximum Gasteiger partial charge on any atom is 0.305 e. The monoisotopic (exact) mass is 764 g/mol. The van der Waals surface area contributed by atoms with Gasteiger partial charge in [0.15, 0.2) is 0 Å². The van der Waals surface area contributed by atoms with E-state index in [2.05, 4.69) is 31.3 Å². The topological polar surface area (TPSA) is 95.9 Å². The molecule has 0 aromatic carbocycles. The first-order chi connectivity index (χ1) is 26.5. The van der Waals surface area contributed by atoms with Crippen LogP contribution in [-0.4, -0.2) is 47.4 Å². The van der Waals surface area contributed by atoms with Gasteiger partial charge < -0.3 is 20.3 Å². The Morgan fingerprint density at radius 1 is 0.500 bits per heavy atom. The van der Waals surface area contributed by atoms with Crippen molar-refractivity contribution in [3.8, 4) is 0 Å². The van der Waals surface area contributed by atoms with E-state index in [9.17, 15) is 19.8 Å². The lowest BCUT2D eigenvalue weighted by Gasteiger charge is -2.22. The number of rotatable bonds is 44. The summed E-state index contributed by atoms with van der Waals surface area (Å²) in [5.41, 5.74) is 0. The number of ether oxygens (including phenoxy) is 1. The summed E-state index contributed by atoms with van der Waals surface area (Å²) in [6.07, 6.45) is 49.0. The van der Waals surface area contributed by atoms with Crippen molar-refractivity contribution in [3.63, 3.8) is 0 Å². The first kappa shape index (κ1) is 52.6. The molecule has 0 bridgehead atoms. The summed E-state index contributed by atoms with van der Waals surface area (Å²) >= 11 is 0. The van der Waals surface area contributed by atoms with E-state index in [-0.39, 0.29) is 18.5 Å². The van der Waals surface area contributed by atoms with Gasteiger partial charge >= 0.3 is 5.97 Å². The molecule has 0 aliphatic rings. The molecule has 54 heavy (non-hydrogen) atoms. The maximum atomic E-state index is 12.4. The number of carbonyl (C=O) groups excluding carboxylic acids is 2. The van der Waals surface area contributed by atoms with Gasteiger partial charge in [0, 0.05) is 12.8 Å². The molecule has 3 N–H and O–H groups in total. The van der Waals surface area contributed by atoms with Gasteiger partial charge in [-0.05, 0) is 51.4 Å². The van der Waals surface area contributed by atoms with Gasteiger partial charge in [-0.1, -0.05) is 206 Å². The summed E-state index contributed by atoms with van der Waals surface area (Å²) in [4.78, 5) is 24.4. The average molecular weight is 764 g/mol. The number of hydrogen-bond donors (Lipinski definition) is 3. The molecule has 0 heterocycles. The summed E-state index contributed by atoms with van der Waals surface area (Å²) in [7, 11) is 0. The minimum atomic E-state index is -0.682. The minimum absolute atomic E-state index is 0.0330. The number of aliphatic hydroxyl groups is 2. The Bertz CT molecular complexity index is 802. The Labute approximate surface area is 336 Å². The molecule has 6 heteroatoms. The molecular formula is C48H93NO5. The zero-order valence-electron chi connectivity index (χ0n) is 36.2. The fraction of sp³-hybridized carbons (Fsp3) is 0.917. The molecule has 0 radical (unpaired) electrons. The van der Waals surface area contributed by atoms with Crippen LogP contribution in [0.3, 0.4) is 0 Å². The molecule has 0 spiro atoms. The molecule has 320 valence electrons. The van der Waals surface area contributed by atoms with Crippen LogP contribution in [0.2, 0.25) is 0 Å². The van der Waals surface area contributed by atoms with Gasteiger partial charge in [-0.25, -0.2) is 0 Å². The third kappa shape index (κ3) is 40.3. The van der Waals surface area contributed by atoms with E-state index in [4.69, 9.17) is 4.74 Å². The number of allylic oxidation sites excluding steroid dienone is 2. The minimum Gasteiger partial charge on any atom is -0.466 e. The molecule has 0 aliphatic carbocycles. The van der Waals surface area contributed by atoms with Crippen LogP contribution < -0.4 is 5.32 Å². The van der Waals surface area contributed by atoms with Crippen molar-refractivity contribution in [1.82, 2.24) is 5.32 Å². The first-order valence-electron chi connectivity index (χ1n) is 23.9. The Morgan fingerprint density at radius 2 is 0.870 bits per heavy atom. The van der Waals surface area contributed by atoms with Crippen molar-refractivity contribution in [1.29, 1.82) is 0 Å². The highest BCUT2D eigenvalue weighted by Crippen LogP contribution is 2.16. The van der Waals surface area contributed by atoms with E-state index in [1.807, 2.05) is 0 Å². The van der Waals surface area contributed by atoms with E-state index in [0.29, 0.717) is 25.9 Å². The van der Waals surface area contributed by atoms with Crippen LogP contribution in [0, 0.1) is 0 Å². The predicted octanol–water partition coefficient (Wildman–Crippen LogP) is 13.8. The predicted molar refractivity (Wildman–Crippen MR) is 232 cm³/mol. The second kappa shape index (κ2) is 44.3. The SMILES string of the molecule is CCCCCCCCCCCCCCCCCCCC(=O)OCCCC/C=C\CCCCCCC(=O)NC(CO)C(O)CCCCCCCCCCCC. The smallest absolute Gasteiger partial charge is 0.305 e. The van der Waals surface area contributed by atoms with Crippen LogP contribution in [0.25, 0.3) is 0 Å². The molecule has 0 fully saturated rings. The highest BCUT2D eigenvalue weighted by molar-refractivity contribution is 5.76. The molecule has 1 amide bonds. The molecule has 0 saturated heterocycles. The average Bonchev–Trinajstić information content (AvgIpc) is 3.17. The standard InChI is InChI=1S/C48H93NO5/c1-3-5-7-9-11-13-15-16-17-18-19-20-21-26-30-34-38-42-48(53)54-43-39-35-31-27-23-22-25-29-33-37-41-47(52)49-45(44-50)46(51)40-36-32-28-24-14-12-10-8-6-4-2/h23,27,45-46,50-51H,3-22,24-26,28-44H2,1-2H3,(H,49,52)/b27-23-. The number of esters is 1. The fourth-order valence-corrected chi connectivity index (χ4v) is 7.34. The van der Waals surface area contributed by atoms with Crippen LogP contribution in [0.15, 0.2) is 12.2 Å². The number of unbranched alkanes of at least 4 members (excludes halogenated alkanes) is 31. The van der Waals surface area contributed by atoms with Crippen molar-refractivity contribution in [2.45, 2.75) is 270 Å². The Morgan fingerprint density at radius 3 is 1.31 bits per heavy atom. The van der Waals surface area contributed by atoms with E-state index in [1.54, 1.807) is 0 Å². The molecular weight excluding hydrogens is 671 g/mol. The zero-order valence-corrected chi connectivity index (χ0v) is 36.2. The summed E-state index contributed by atoms with van der Waals surface area (Å²) in [6.45, 7) is 4.85. The maximum absolute atomic E-state index is 12.4. The van der Waals surface area contributed by atoms with Crippen LogP contribution in [-0.2, 0) is 14.3 Å². The van der Waals surface area contributed by atoms with Gasteiger partial charge in [0.1, 0.15) is 0 Å². The van der Waals surface area contributed by atoms with Crippen molar-refractivity contribution in [2.24, 2.45) is 0 Å². The Balaban J connectivity index is 3.48. The molecule has 0 aliphatic heterocycles. The van der Waals surface area contributed by atoms with Gasteiger partial charge in [0.2, 0.25) is 5.91 Å². The largest absolute Gasteiger partial charge is 0.466 e. The summed E-state index contributed by atoms with van der Waals surface area (Å²) < 4.78 is 5.43. The lowest BCUT2D eigenvalue weighted by molar-refractivity contribution is -0.143. The molecule has 0 aromatic heterocycles. The normalized spacial score (nSPS) is 12.7. The molecule has 2 atom stereocenters. The highest BCUT2D eigenvalue weighted by atomic mass is 16.5. The second-order valence-corrected chi connectivity index (χ2v) is 16.4. The van der Waals surface area contributed by atoms with Crippen molar-refractivity contribution in [2.75, 3.05) is 13.2 Å². The number of carbonyl (C=O) groups is 2. The van der Waals surface area contributed by atoms with Gasteiger partial charge in [0.05, 0.1) is 25.4 Å². The summed E-state index contributed by atoms with van der Waals surface area (Å²) in [6, 6.07) is -0.563.